The molecule has 7 nitrogen and oxygen atoms in total. The number of amides is 1. The number of halogens is 1. The SMILES string of the molecule is CC(C)(C)OC(=O)Nc1nc(N)nn2ccc(Cl)c12. The minimum Gasteiger partial charge on any atom is -0.444 e. The van der Waals surface area contributed by atoms with Crippen LogP contribution in [0.2, 0.25) is 5.02 Å². The lowest BCUT2D eigenvalue weighted by Crippen LogP contribution is -2.27. The average molecular weight is 284 g/mol. The Balaban J connectivity index is 2.34. The smallest absolute Gasteiger partial charge is 0.413 e. The second-order valence-corrected chi connectivity index (χ2v) is 5.31. The van der Waals surface area contributed by atoms with E-state index in [9.17, 15) is 4.79 Å². The van der Waals surface area contributed by atoms with Crippen LogP contribution in [0.15, 0.2) is 12.3 Å². The lowest BCUT2D eigenvalue weighted by atomic mass is 10.2. The van der Waals surface area contributed by atoms with Gasteiger partial charge in [-0.1, -0.05) is 11.6 Å². The lowest BCUT2D eigenvalue weighted by molar-refractivity contribution is 0.0635. The summed E-state index contributed by atoms with van der Waals surface area (Å²) in [5.41, 5.74) is 5.41. The van der Waals surface area contributed by atoms with E-state index in [1.807, 2.05) is 0 Å². The summed E-state index contributed by atoms with van der Waals surface area (Å²) in [5.74, 6) is 0.225. The minimum absolute atomic E-state index is 0.0193. The van der Waals surface area contributed by atoms with E-state index in [0.717, 1.165) is 0 Å². The van der Waals surface area contributed by atoms with Crippen molar-refractivity contribution in [3.8, 4) is 0 Å². The number of rotatable bonds is 1. The van der Waals surface area contributed by atoms with Crippen LogP contribution in [0.25, 0.3) is 5.52 Å². The number of carbonyl (C=O) groups excluding carboxylic acids is 1. The highest BCUT2D eigenvalue weighted by Crippen LogP contribution is 2.25. The fourth-order valence-electron chi connectivity index (χ4n) is 1.49. The second kappa shape index (κ2) is 4.58. The Kier molecular flexibility index (Phi) is 3.23. The Bertz CT molecular complexity index is 632. The summed E-state index contributed by atoms with van der Waals surface area (Å²) in [6.07, 6.45) is 0.987. The maximum atomic E-state index is 11.7. The van der Waals surface area contributed by atoms with Crippen molar-refractivity contribution in [1.82, 2.24) is 14.6 Å². The molecule has 0 aliphatic rings. The van der Waals surface area contributed by atoms with Crippen molar-refractivity contribution >= 4 is 35.0 Å². The number of ether oxygens (including phenoxy) is 1. The second-order valence-electron chi connectivity index (χ2n) is 4.90. The molecule has 0 atom stereocenters. The molecule has 0 fully saturated rings. The van der Waals surface area contributed by atoms with Crippen LogP contribution >= 0.6 is 11.6 Å². The van der Waals surface area contributed by atoms with Crippen molar-refractivity contribution in [1.29, 1.82) is 0 Å². The van der Waals surface area contributed by atoms with Gasteiger partial charge in [0.1, 0.15) is 11.1 Å². The Morgan fingerprint density at radius 1 is 1.53 bits per heavy atom. The van der Waals surface area contributed by atoms with E-state index in [2.05, 4.69) is 15.4 Å². The normalized spacial score (nSPS) is 11.6. The lowest BCUT2D eigenvalue weighted by Gasteiger charge is -2.19. The fourth-order valence-corrected chi connectivity index (χ4v) is 1.72. The Hall–Kier alpha value is -2.02. The molecule has 2 rings (SSSR count). The highest BCUT2D eigenvalue weighted by Gasteiger charge is 2.19. The molecule has 2 heterocycles. The van der Waals surface area contributed by atoms with Crippen LogP contribution in [0.3, 0.4) is 0 Å². The van der Waals surface area contributed by atoms with Crippen LogP contribution in [0.5, 0.6) is 0 Å². The third-order valence-corrected chi connectivity index (χ3v) is 2.40. The molecule has 0 saturated carbocycles. The van der Waals surface area contributed by atoms with E-state index in [-0.39, 0.29) is 11.8 Å². The molecular formula is C11H14ClN5O2. The van der Waals surface area contributed by atoms with E-state index in [4.69, 9.17) is 22.1 Å². The predicted molar refractivity (Wildman–Crippen MR) is 72.3 cm³/mol. The van der Waals surface area contributed by atoms with Crippen LogP contribution < -0.4 is 11.1 Å². The van der Waals surface area contributed by atoms with Gasteiger partial charge in [0, 0.05) is 6.20 Å². The highest BCUT2D eigenvalue weighted by molar-refractivity contribution is 6.34. The first-order chi connectivity index (χ1) is 8.76. The van der Waals surface area contributed by atoms with Gasteiger partial charge in [-0.3, -0.25) is 5.32 Å². The Morgan fingerprint density at radius 3 is 2.84 bits per heavy atom. The zero-order valence-electron chi connectivity index (χ0n) is 10.8. The molecule has 0 aliphatic heterocycles. The summed E-state index contributed by atoms with van der Waals surface area (Å²) in [7, 11) is 0. The van der Waals surface area contributed by atoms with Gasteiger partial charge in [-0.05, 0) is 26.8 Å². The monoisotopic (exact) mass is 283 g/mol. The number of nitrogens with zero attached hydrogens (tertiary/aromatic N) is 3. The Labute approximate surface area is 114 Å². The summed E-state index contributed by atoms with van der Waals surface area (Å²) in [6, 6.07) is 1.63. The molecule has 2 aromatic heterocycles. The molecular weight excluding hydrogens is 270 g/mol. The van der Waals surface area contributed by atoms with Crippen molar-refractivity contribution in [3.05, 3.63) is 17.3 Å². The number of nitrogen functional groups attached to an aromatic ring is 1. The van der Waals surface area contributed by atoms with Crippen molar-refractivity contribution < 1.29 is 9.53 Å². The predicted octanol–water partition coefficient (Wildman–Crippen LogP) is 2.31. The number of aromatic nitrogens is 3. The van der Waals surface area contributed by atoms with E-state index < -0.39 is 11.7 Å². The van der Waals surface area contributed by atoms with Crippen LogP contribution in [-0.2, 0) is 4.74 Å². The number of nitrogens with two attached hydrogens (primary N) is 1. The first kappa shape index (κ1) is 13.4. The van der Waals surface area contributed by atoms with E-state index in [1.165, 1.54) is 4.52 Å². The van der Waals surface area contributed by atoms with Gasteiger partial charge in [0.2, 0.25) is 5.95 Å². The zero-order chi connectivity index (χ0) is 14.2. The summed E-state index contributed by atoms with van der Waals surface area (Å²) in [5, 5.41) is 6.87. The number of anilines is 2. The first-order valence-corrected chi connectivity index (χ1v) is 5.94. The molecule has 102 valence electrons. The zero-order valence-corrected chi connectivity index (χ0v) is 11.5. The topological polar surface area (TPSA) is 94.5 Å². The molecule has 19 heavy (non-hydrogen) atoms. The van der Waals surface area contributed by atoms with Crippen molar-refractivity contribution in [2.45, 2.75) is 26.4 Å². The third kappa shape index (κ3) is 3.05. The summed E-state index contributed by atoms with van der Waals surface area (Å²) in [4.78, 5) is 15.7. The third-order valence-electron chi connectivity index (χ3n) is 2.10. The van der Waals surface area contributed by atoms with Crippen LogP contribution in [-0.4, -0.2) is 26.3 Å². The minimum atomic E-state index is -0.634. The summed E-state index contributed by atoms with van der Waals surface area (Å²) in [6.45, 7) is 5.29. The van der Waals surface area contributed by atoms with Gasteiger partial charge in [0.15, 0.2) is 5.82 Å². The number of hydrogen-bond acceptors (Lipinski definition) is 5. The summed E-state index contributed by atoms with van der Waals surface area (Å²) < 4.78 is 6.59. The van der Waals surface area contributed by atoms with Crippen LogP contribution in [0.4, 0.5) is 16.6 Å². The molecule has 2 aromatic rings. The van der Waals surface area contributed by atoms with Gasteiger partial charge in [0.05, 0.1) is 5.02 Å². The van der Waals surface area contributed by atoms with Gasteiger partial charge in [0.25, 0.3) is 0 Å². The van der Waals surface area contributed by atoms with E-state index >= 15 is 0 Å². The molecule has 0 bridgehead atoms. The van der Waals surface area contributed by atoms with Gasteiger partial charge in [-0.15, -0.1) is 5.10 Å². The standard InChI is InChI=1S/C11H14ClN5O2/c1-11(2,3)19-10(18)15-8-7-6(12)4-5-17(7)16-9(13)14-8/h4-5H,1-3H3,(H3,13,14,15,16,18). The molecule has 0 unspecified atom stereocenters. The van der Waals surface area contributed by atoms with Crippen molar-refractivity contribution in [2.75, 3.05) is 11.1 Å². The van der Waals surface area contributed by atoms with Gasteiger partial charge in [-0.25, -0.2) is 9.31 Å². The fraction of sp³-hybridized carbons (Fsp3) is 0.364. The molecule has 0 radical (unpaired) electrons. The van der Waals surface area contributed by atoms with Crippen LogP contribution in [0, 0.1) is 0 Å². The molecule has 0 aromatic carbocycles. The highest BCUT2D eigenvalue weighted by atomic mass is 35.5. The van der Waals surface area contributed by atoms with Crippen molar-refractivity contribution in [3.63, 3.8) is 0 Å². The number of fused-ring (bicyclic) bond motifs is 1. The van der Waals surface area contributed by atoms with Crippen molar-refractivity contribution in [2.24, 2.45) is 0 Å². The first-order valence-electron chi connectivity index (χ1n) is 5.56. The maximum absolute atomic E-state index is 11.7. The molecule has 0 saturated heterocycles. The quantitative estimate of drug-likeness (QED) is 0.837. The van der Waals surface area contributed by atoms with E-state index in [0.29, 0.717) is 10.5 Å². The molecule has 0 spiro atoms. The largest absolute Gasteiger partial charge is 0.444 e. The summed E-state index contributed by atoms with van der Waals surface area (Å²) >= 11 is 6.01. The maximum Gasteiger partial charge on any atom is 0.413 e. The van der Waals surface area contributed by atoms with Gasteiger partial charge >= 0.3 is 6.09 Å². The van der Waals surface area contributed by atoms with Gasteiger partial charge in [-0.2, -0.15) is 4.98 Å². The molecule has 0 aliphatic carbocycles. The van der Waals surface area contributed by atoms with Crippen LogP contribution in [0.1, 0.15) is 20.8 Å². The van der Waals surface area contributed by atoms with Gasteiger partial charge < -0.3 is 10.5 Å². The average Bonchev–Trinajstić information content (AvgIpc) is 2.56. The number of nitrogens with one attached hydrogen (secondary N) is 1. The van der Waals surface area contributed by atoms with E-state index in [1.54, 1.807) is 33.0 Å². The Morgan fingerprint density at radius 2 is 2.21 bits per heavy atom. The number of carbonyl (C=O) groups is 1. The number of hydrogen-bond donors (Lipinski definition) is 2. The molecule has 3 N–H and O–H groups in total. The molecule has 8 heteroatoms. The molecule has 1 amide bonds.